The Morgan fingerprint density at radius 3 is 2.63 bits per heavy atom. The molecule has 2 aromatic rings. The lowest BCUT2D eigenvalue weighted by Gasteiger charge is -2.07. The maximum atomic E-state index is 14.3. The van der Waals surface area contributed by atoms with Crippen molar-refractivity contribution in [2.75, 3.05) is 0 Å². The molecule has 0 fully saturated rings. The normalized spacial score (nSPS) is 10.7. The summed E-state index contributed by atoms with van der Waals surface area (Å²) in [4.78, 5) is 11.0. The molecule has 5 heteroatoms. The number of carboxylic acids is 1. The van der Waals surface area contributed by atoms with Crippen molar-refractivity contribution in [3.63, 3.8) is 0 Å². The summed E-state index contributed by atoms with van der Waals surface area (Å²) in [5, 5.41) is 13.3. The zero-order chi connectivity index (χ0) is 14.2. The predicted molar refractivity (Wildman–Crippen MR) is 69.7 cm³/mol. The highest BCUT2D eigenvalue weighted by Crippen LogP contribution is 2.30. The minimum absolute atomic E-state index is 0.287. The smallest absolute Gasteiger partial charge is 0.338 e. The Morgan fingerprint density at radius 2 is 2.11 bits per heavy atom. The number of nitrogens with zero attached hydrogens (tertiary/aromatic N) is 2. The van der Waals surface area contributed by atoms with Crippen molar-refractivity contribution in [3.8, 4) is 11.1 Å². The lowest BCUT2D eigenvalue weighted by molar-refractivity contribution is 0.0692. The summed E-state index contributed by atoms with van der Waals surface area (Å²) in [6, 6.07) is 4.39. The molecule has 0 saturated carbocycles. The number of rotatable bonds is 3. The summed E-state index contributed by atoms with van der Waals surface area (Å²) >= 11 is 0. The third-order valence-electron chi connectivity index (χ3n) is 3.18. The van der Waals surface area contributed by atoms with Gasteiger partial charge < -0.3 is 5.11 Å². The molecule has 1 N–H and O–H groups in total. The maximum Gasteiger partial charge on any atom is 0.338 e. The Labute approximate surface area is 110 Å². The SMILES string of the molecule is CCn1nc(C)c(-c2cccc(C(=O)O)c2F)c1C. The summed E-state index contributed by atoms with van der Waals surface area (Å²) in [6.07, 6.45) is 0. The quantitative estimate of drug-likeness (QED) is 0.925. The van der Waals surface area contributed by atoms with Crippen molar-refractivity contribution in [1.82, 2.24) is 9.78 Å². The van der Waals surface area contributed by atoms with Crippen molar-refractivity contribution < 1.29 is 14.3 Å². The van der Waals surface area contributed by atoms with Gasteiger partial charge in [0.05, 0.1) is 11.3 Å². The van der Waals surface area contributed by atoms with E-state index in [1.807, 2.05) is 13.8 Å². The number of hydrogen-bond acceptors (Lipinski definition) is 2. The number of halogens is 1. The van der Waals surface area contributed by atoms with Crippen LogP contribution in [0.1, 0.15) is 28.7 Å². The van der Waals surface area contributed by atoms with Gasteiger partial charge in [0.15, 0.2) is 0 Å². The van der Waals surface area contributed by atoms with Crippen molar-refractivity contribution in [1.29, 1.82) is 0 Å². The van der Waals surface area contributed by atoms with Crippen molar-refractivity contribution >= 4 is 5.97 Å². The molecular formula is C14H15FN2O2. The van der Waals surface area contributed by atoms with Gasteiger partial charge in [-0.05, 0) is 26.8 Å². The Hall–Kier alpha value is -2.17. The second-order valence-corrected chi connectivity index (χ2v) is 4.33. The van der Waals surface area contributed by atoms with Crippen LogP contribution in [0.15, 0.2) is 18.2 Å². The number of aryl methyl sites for hydroxylation is 2. The largest absolute Gasteiger partial charge is 0.478 e. The van der Waals surface area contributed by atoms with E-state index < -0.39 is 11.8 Å². The van der Waals surface area contributed by atoms with Crippen LogP contribution in [0.4, 0.5) is 4.39 Å². The molecule has 0 amide bonds. The monoisotopic (exact) mass is 262 g/mol. The van der Waals surface area contributed by atoms with Gasteiger partial charge in [-0.25, -0.2) is 9.18 Å². The average Bonchev–Trinajstić information content (AvgIpc) is 2.65. The molecule has 1 aromatic carbocycles. The van der Waals surface area contributed by atoms with E-state index in [9.17, 15) is 9.18 Å². The molecule has 0 radical (unpaired) electrons. The van der Waals surface area contributed by atoms with Gasteiger partial charge in [0, 0.05) is 23.4 Å². The summed E-state index contributed by atoms with van der Waals surface area (Å²) in [5.74, 6) is -1.98. The minimum Gasteiger partial charge on any atom is -0.478 e. The molecule has 0 spiro atoms. The third kappa shape index (κ3) is 2.12. The minimum atomic E-state index is -1.27. The van der Waals surface area contributed by atoms with Crippen molar-refractivity contribution in [2.24, 2.45) is 0 Å². The van der Waals surface area contributed by atoms with Gasteiger partial charge >= 0.3 is 5.97 Å². The molecule has 2 rings (SSSR count). The second-order valence-electron chi connectivity index (χ2n) is 4.33. The van der Waals surface area contributed by atoms with Crippen LogP contribution in [-0.2, 0) is 6.54 Å². The Morgan fingerprint density at radius 1 is 1.42 bits per heavy atom. The van der Waals surface area contributed by atoms with E-state index in [4.69, 9.17) is 5.11 Å². The number of hydrogen-bond donors (Lipinski definition) is 1. The van der Waals surface area contributed by atoms with E-state index in [-0.39, 0.29) is 11.1 Å². The van der Waals surface area contributed by atoms with Crippen LogP contribution >= 0.6 is 0 Å². The molecule has 0 saturated heterocycles. The topological polar surface area (TPSA) is 55.1 Å². The number of aromatic nitrogens is 2. The molecular weight excluding hydrogens is 247 g/mol. The van der Waals surface area contributed by atoms with E-state index in [2.05, 4.69) is 5.10 Å². The van der Waals surface area contributed by atoms with Crippen molar-refractivity contribution in [3.05, 3.63) is 41.0 Å². The van der Waals surface area contributed by atoms with Gasteiger partial charge in [0.25, 0.3) is 0 Å². The first-order chi connectivity index (χ1) is 8.97. The molecule has 0 aliphatic rings. The first-order valence-electron chi connectivity index (χ1n) is 6.03. The highest BCUT2D eigenvalue weighted by Gasteiger charge is 2.20. The molecule has 1 heterocycles. The molecule has 1 aromatic heterocycles. The summed E-state index contributed by atoms with van der Waals surface area (Å²) in [7, 11) is 0. The van der Waals surface area contributed by atoms with Crippen LogP contribution < -0.4 is 0 Å². The molecule has 19 heavy (non-hydrogen) atoms. The van der Waals surface area contributed by atoms with Crippen LogP contribution in [0.25, 0.3) is 11.1 Å². The lowest BCUT2D eigenvalue weighted by Crippen LogP contribution is -2.02. The van der Waals surface area contributed by atoms with Crippen LogP contribution in [0.2, 0.25) is 0 Å². The fourth-order valence-electron chi connectivity index (χ4n) is 2.28. The fraction of sp³-hybridized carbons (Fsp3) is 0.286. The summed E-state index contributed by atoms with van der Waals surface area (Å²) in [5.41, 5.74) is 2.17. The van der Waals surface area contributed by atoms with E-state index in [1.54, 1.807) is 23.7 Å². The van der Waals surface area contributed by atoms with Gasteiger partial charge in [0.1, 0.15) is 5.82 Å². The summed E-state index contributed by atoms with van der Waals surface area (Å²) < 4.78 is 16.0. The first kappa shape index (κ1) is 13.3. The van der Waals surface area contributed by atoms with Gasteiger partial charge in [-0.15, -0.1) is 0 Å². The highest BCUT2D eigenvalue weighted by atomic mass is 19.1. The Kier molecular flexibility index (Phi) is 3.38. The Balaban J connectivity index is 2.69. The third-order valence-corrected chi connectivity index (χ3v) is 3.18. The van der Waals surface area contributed by atoms with Gasteiger partial charge in [-0.1, -0.05) is 12.1 Å². The number of benzene rings is 1. The number of carbonyl (C=O) groups is 1. The van der Waals surface area contributed by atoms with Gasteiger partial charge in [-0.2, -0.15) is 5.10 Å². The van der Waals surface area contributed by atoms with Crippen LogP contribution in [0.3, 0.4) is 0 Å². The van der Waals surface area contributed by atoms with Crippen LogP contribution in [0, 0.1) is 19.7 Å². The Bertz CT molecular complexity index is 647. The number of carboxylic acid groups (broad SMARTS) is 1. The first-order valence-corrected chi connectivity index (χ1v) is 6.03. The molecule has 0 aliphatic carbocycles. The van der Waals surface area contributed by atoms with Crippen LogP contribution in [0.5, 0.6) is 0 Å². The molecule has 0 aliphatic heterocycles. The standard InChI is InChI=1S/C14H15FN2O2/c1-4-17-9(3)12(8(2)16-17)10-6-5-7-11(13(10)15)14(18)19/h5-7H,4H2,1-3H3,(H,18,19). The predicted octanol–water partition coefficient (Wildman–Crippen LogP) is 3.02. The van der Waals surface area contributed by atoms with Crippen molar-refractivity contribution in [2.45, 2.75) is 27.3 Å². The van der Waals surface area contributed by atoms with Gasteiger partial charge in [0.2, 0.25) is 0 Å². The highest BCUT2D eigenvalue weighted by molar-refractivity contribution is 5.90. The molecule has 0 bridgehead atoms. The zero-order valence-electron chi connectivity index (χ0n) is 11.1. The molecule has 0 atom stereocenters. The average molecular weight is 262 g/mol. The lowest BCUT2D eigenvalue weighted by atomic mass is 10.0. The molecule has 4 nitrogen and oxygen atoms in total. The maximum absolute atomic E-state index is 14.3. The van der Waals surface area contributed by atoms with E-state index >= 15 is 0 Å². The van der Waals surface area contributed by atoms with E-state index in [1.165, 1.54) is 6.07 Å². The zero-order valence-corrected chi connectivity index (χ0v) is 11.1. The van der Waals surface area contributed by atoms with Crippen LogP contribution in [-0.4, -0.2) is 20.9 Å². The second kappa shape index (κ2) is 4.84. The summed E-state index contributed by atoms with van der Waals surface area (Å²) in [6.45, 7) is 6.28. The molecule has 100 valence electrons. The number of aromatic carboxylic acids is 1. The van der Waals surface area contributed by atoms with E-state index in [0.717, 1.165) is 5.69 Å². The van der Waals surface area contributed by atoms with Gasteiger partial charge in [-0.3, -0.25) is 4.68 Å². The van der Waals surface area contributed by atoms with E-state index in [0.29, 0.717) is 17.8 Å². The molecule has 0 unspecified atom stereocenters. The fourth-order valence-corrected chi connectivity index (χ4v) is 2.28.